The molecule has 55 heavy (non-hydrogen) atoms. The van der Waals surface area contributed by atoms with Gasteiger partial charge < -0.3 is 38.7 Å². The number of anilines is 1. The Bertz CT molecular complexity index is 1730. The molecule has 3 atom stereocenters. The summed E-state index contributed by atoms with van der Waals surface area (Å²) in [7, 11) is -6.44. The van der Waals surface area contributed by atoms with E-state index in [9.17, 15) is 36.9 Å². The summed E-state index contributed by atoms with van der Waals surface area (Å²) >= 11 is 0.879. The topological polar surface area (TPSA) is 251 Å². The monoisotopic (exact) mass is 836 g/mol. The predicted molar refractivity (Wildman–Crippen MR) is 200 cm³/mol. The third-order valence-electron chi connectivity index (χ3n) is 7.35. The molecule has 0 aliphatic carbocycles. The van der Waals surface area contributed by atoms with Crippen molar-refractivity contribution in [1.82, 2.24) is 19.5 Å². The van der Waals surface area contributed by atoms with Crippen LogP contribution >= 0.6 is 11.3 Å². The Kier molecular flexibility index (Phi) is 14.5. The van der Waals surface area contributed by atoms with Gasteiger partial charge in [-0.25, -0.2) is 23.7 Å². The number of carbonyl (C=O) groups excluding carboxylic acids is 5. The number of rotatable bonds is 17. The van der Waals surface area contributed by atoms with Gasteiger partial charge in [-0.3, -0.25) is 19.5 Å². The average molecular weight is 837 g/mol. The van der Waals surface area contributed by atoms with E-state index in [1.54, 1.807) is 41.5 Å². The number of hydrogen-bond donors (Lipinski definition) is 3. The van der Waals surface area contributed by atoms with Gasteiger partial charge in [-0.1, -0.05) is 24.8 Å². The Morgan fingerprint density at radius 2 is 1.69 bits per heavy atom. The van der Waals surface area contributed by atoms with Crippen molar-refractivity contribution in [3.05, 3.63) is 11.1 Å². The lowest BCUT2D eigenvalue weighted by atomic mass is 9.97. The molecule has 3 N–H and O–H groups in total. The van der Waals surface area contributed by atoms with E-state index in [-0.39, 0.29) is 35.1 Å². The maximum atomic E-state index is 13.8. The van der Waals surface area contributed by atoms with Crippen molar-refractivity contribution in [1.29, 1.82) is 0 Å². The van der Waals surface area contributed by atoms with Crippen LogP contribution in [0.25, 0.3) is 0 Å². The molecule has 0 saturated carbocycles. The second-order valence-electron chi connectivity index (χ2n) is 16.5. The minimum atomic E-state index is -5.14. The summed E-state index contributed by atoms with van der Waals surface area (Å²) in [6.45, 7) is 19.1. The third kappa shape index (κ3) is 14.0. The first-order valence-corrected chi connectivity index (χ1v) is 23.2. The lowest BCUT2D eigenvalue weighted by Gasteiger charge is -2.45. The highest BCUT2D eigenvalue weighted by Gasteiger charge is 2.56. The van der Waals surface area contributed by atoms with Crippen LogP contribution in [-0.2, 0) is 53.2 Å². The first-order valence-electron chi connectivity index (χ1n) is 17.2. The molecule has 23 heteroatoms. The highest BCUT2D eigenvalue weighted by Crippen LogP contribution is 2.27. The fourth-order valence-corrected chi connectivity index (χ4v) is 7.00. The number of aromatic nitrogens is 1. The lowest BCUT2D eigenvalue weighted by molar-refractivity contribution is -0.179. The zero-order chi connectivity index (χ0) is 41.7. The first kappa shape index (κ1) is 45.5. The summed E-state index contributed by atoms with van der Waals surface area (Å²) in [5.74, 6) is -3.18. The molecular formula is C32H52N6O14S2Si. The second kappa shape index (κ2) is 17.5. The van der Waals surface area contributed by atoms with Crippen molar-refractivity contribution < 1.29 is 65.5 Å². The number of hydrogen-bond acceptors (Lipinski definition) is 16. The van der Waals surface area contributed by atoms with Crippen LogP contribution in [0.15, 0.2) is 10.5 Å². The fraction of sp³-hybridized carbons (Fsp3) is 0.719. The molecular weight excluding hydrogens is 785 g/mol. The maximum Gasteiger partial charge on any atom is 0.413 e. The Hall–Kier alpha value is -3.90. The van der Waals surface area contributed by atoms with E-state index in [2.05, 4.69) is 40.4 Å². The van der Waals surface area contributed by atoms with Crippen LogP contribution in [0.1, 0.15) is 61.1 Å². The third-order valence-corrected chi connectivity index (χ3v) is 10.8. The zero-order valence-corrected chi connectivity index (χ0v) is 35.5. The predicted octanol–water partition coefficient (Wildman–Crippen LogP) is 2.98. The smallest absolute Gasteiger partial charge is 0.413 e. The Balaban J connectivity index is 1.81. The van der Waals surface area contributed by atoms with E-state index in [0.29, 0.717) is 6.61 Å². The Morgan fingerprint density at radius 3 is 2.27 bits per heavy atom. The molecule has 1 unspecified atom stereocenters. The molecule has 1 aromatic rings. The van der Waals surface area contributed by atoms with Gasteiger partial charge in [-0.15, -0.1) is 11.3 Å². The molecule has 1 aromatic heterocycles. The normalized spacial score (nSPS) is 19.8. The second-order valence-corrected chi connectivity index (χ2v) is 24.2. The zero-order valence-electron chi connectivity index (χ0n) is 32.9. The molecule has 0 bridgehead atoms. The molecule has 0 spiro atoms. The van der Waals surface area contributed by atoms with Crippen molar-refractivity contribution in [2.24, 2.45) is 5.16 Å². The number of ether oxygens (including phenoxy) is 5. The van der Waals surface area contributed by atoms with Gasteiger partial charge in [0.1, 0.15) is 35.8 Å². The van der Waals surface area contributed by atoms with Gasteiger partial charge in [0.15, 0.2) is 10.8 Å². The molecule has 20 nitrogen and oxygen atoms in total. The highest BCUT2D eigenvalue weighted by atomic mass is 32.2. The van der Waals surface area contributed by atoms with Crippen molar-refractivity contribution in [3.8, 4) is 0 Å². The van der Waals surface area contributed by atoms with Crippen molar-refractivity contribution in [3.63, 3.8) is 0 Å². The number of nitrogens with zero attached hydrogens (tertiary/aromatic N) is 4. The number of thiazole rings is 1. The maximum absolute atomic E-state index is 13.8. The molecule has 4 amide bonds. The van der Waals surface area contributed by atoms with Crippen LogP contribution in [-0.4, -0.2) is 139 Å². The minimum Gasteiger partial charge on any atom is -0.457 e. The van der Waals surface area contributed by atoms with Gasteiger partial charge in [0.05, 0.1) is 19.2 Å². The van der Waals surface area contributed by atoms with Gasteiger partial charge in [-0.05, 0) is 61.4 Å². The summed E-state index contributed by atoms with van der Waals surface area (Å²) in [4.78, 5) is 75.7. The number of oxime groups is 1. The largest absolute Gasteiger partial charge is 0.457 e. The number of esters is 1. The van der Waals surface area contributed by atoms with Crippen molar-refractivity contribution in [2.45, 2.75) is 116 Å². The number of β-lactam (4-membered cyclic amide) rings is 1. The molecule has 0 radical (unpaired) electrons. The van der Waals surface area contributed by atoms with Gasteiger partial charge in [0.25, 0.3) is 11.8 Å². The van der Waals surface area contributed by atoms with Crippen LogP contribution in [0, 0.1) is 0 Å². The van der Waals surface area contributed by atoms with Gasteiger partial charge in [0.2, 0.25) is 5.60 Å². The van der Waals surface area contributed by atoms with E-state index in [4.69, 9.17) is 28.5 Å². The van der Waals surface area contributed by atoms with E-state index in [0.717, 1.165) is 22.3 Å². The fourth-order valence-electron chi connectivity index (χ4n) is 4.70. The van der Waals surface area contributed by atoms with Crippen LogP contribution in [0.2, 0.25) is 25.7 Å². The SMILES string of the molecule is CC(C)(C)OC(=O)Nc1nc(C(=NOC(C)(C)C(=O)OC(C)(C)C)C(=O)N[C@@H]2C(=O)N(S(=O)(=O)O)[C@@H]2CN2CC(COCOCC[Si](C)(C)C)OC2=O)cs1. The van der Waals surface area contributed by atoms with E-state index in [1.807, 2.05) is 0 Å². The van der Waals surface area contributed by atoms with Gasteiger partial charge in [-0.2, -0.15) is 8.42 Å². The molecule has 2 aliphatic rings. The van der Waals surface area contributed by atoms with Crippen LogP contribution in [0.3, 0.4) is 0 Å². The van der Waals surface area contributed by atoms with Gasteiger partial charge >= 0.3 is 28.5 Å². The molecule has 2 saturated heterocycles. The van der Waals surface area contributed by atoms with Crippen molar-refractivity contribution in [2.75, 3.05) is 38.4 Å². The quantitative estimate of drug-likeness (QED) is 0.0235. The Morgan fingerprint density at radius 1 is 1.05 bits per heavy atom. The summed E-state index contributed by atoms with van der Waals surface area (Å²) in [6.07, 6.45) is -2.44. The standard InChI is InChI=1S/C32H52N6O14S2Si/c1-30(2,3)50-26(41)32(7,8)52-36-22(20-17-53-27(33-20)35-28(42)51-31(4,5)6)24(39)34-23-21(38(25(23)40)54(44,45)46)15-37-14-19(49-29(37)43)16-48-18-47-12-13-55(9,10)11/h17,19,21,23H,12-16,18H2,1-11H3,(H,34,39)(H,33,35,42)(H,44,45,46)/t19?,21-,23+/m1/s1. The van der Waals surface area contributed by atoms with E-state index >= 15 is 0 Å². The van der Waals surface area contributed by atoms with Crippen LogP contribution in [0.5, 0.6) is 0 Å². The lowest BCUT2D eigenvalue weighted by Crippen LogP contribution is -2.74. The molecule has 0 aromatic carbocycles. The highest BCUT2D eigenvalue weighted by molar-refractivity contribution is 7.84. The summed E-state index contributed by atoms with van der Waals surface area (Å²) in [5.41, 5.74) is -4.25. The number of cyclic esters (lactones) is 1. The van der Waals surface area contributed by atoms with Crippen molar-refractivity contribution >= 4 is 70.5 Å². The van der Waals surface area contributed by atoms with E-state index < -0.39 is 95.6 Å². The molecule has 2 aliphatic heterocycles. The number of carbonyl (C=O) groups is 5. The first-order chi connectivity index (χ1) is 25.1. The summed E-state index contributed by atoms with van der Waals surface area (Å²) < 4.78 is 61.4. The number of amides is 4. The van der Waals surface area contributed by atoms with Crippen LogP contribution < -0.4 is 10.6 Å². The van der Waals surface area contributed by atoms with E-state index in [1.165, 1.54) is 19.2 Å². The molecule has 310 valence electrons. The molecule has 3 rings (SSSR count). The van der Waals surface area contributed by atoms with Crippen LogP contribution in [0.4, 0.5) is 14.7 Å². The Labute approximate surface area is 325 Å². The molecule has 3 heterocycles. The minimum absolute atomic E-state index is 0.0180. The summed E-state index contributed by atoms with van der Waals surface area (Å²) in [6, 6.07) is -2.16. The average Bonchev–Trinajstić information content (AvgIpc) is 3.59. The summed E-state index contributed by atoms with van der Waals surface area (Å²) in [5, 5.41) is 9.99. The number of nitrogens with one attached hydrogen (secondary N) is 2. The van der Waals surface area contributed by atoms with Gasteiger partial charge in [0, 0.05) is 26.6 Å². The molecule has 2 fully saturated rings.